The van der Waals surface area contributed by atoms with Crippen molar-refractivity contribution < 1.29 is 9.50 Å². The SMILES string of the molecule is C=CCN1CCC(NC(=NCc2ccc(N3CCC(O)CC3)c(F)c2)NCC)CC1.I. The first-order chi connectivity index (χ1) is 14.6. The number of benzene rings is 1. The van der Waals surface area contributed by atoms with Crippen molar-refractivity contribution in [2.75, 3.05) is 44.2 Å². The Morgan fingerprint density at radius 1 is 1.23 bits per heavy atom. The van der Waals surface area contributed by atoms with E-state index >= 15 is 0 Å². The number of halogens is 2. The van der Waals surface area contributed by atoms with Gasteiger partial charge < -0.3 is 20.6 Å². The summed E-state index contributed by atoms with van der Waals surface area (Å²) in [5.41, 5.74) is 1.47. The summed E-state index contributed by atoms with van der Waals surface area (Å²) in [5, 5.41) is 16.5. The molecule has 2 aliphatic rings. The first-order valence-electron chi connectivity index (χ1n) is 11.2. The molecule has 1 aromatic carbocycles. The smallest absolute Gasteiger partial charge is 0.191 e. The molecular weight excluding hydrogens is 508 g/mol. The van der Waals surface area contributed by atoms with E-state index in [2.05, 4.69) is 27.1 Å². The molecule has 2 fully saturated rings. The molecule has 3 rings (SSSR count). The van der Waals surface area contributed by atoms with Gasteiger partial charge in [0.2, 0.25) is 0 Å². The van der Waals surface area contributed by atoms with Gasteiger partial charge in [-0.15, -0.1) is 30.6 Å². The van der Waals surface area contributed by atoms with Gasteiger partial charge in [0.05, 0.1) is 18.3 Å². The lowest BCUT2D eigenvalue weighted by Crippen LogP contribution is -2.48. The van der Waals surface area contributed by atoms with Crippen LogP contribution in [0, 0.1) is 5.82 Å². The summed E-state index contributed by atoms with van der Waals surface area (Å²) in [4.78, 5) is 9.10. The molecule has 174 valence electrons. The highest BCUT2D eigenvalue weighted by atomic mass is 127. The fourth-order valence-corrected chi connectivity index (χ4v) is 4.14. The van der Waals surface area contributed by atoms with Crippen molar-refractivity contribution in [1.82, 2.24) is 15.5 Å². The lowest BCUT2D eigenvalue weighted by molar-refractivity contribution is 0.145. The van der Waals surface area contributed by atoms with Crippen LogP contribution in [0.5, 0.6) is 0 Å². The highest BCUT2D eigenvalue weighted by Gasteiger charge is 2.20. The fraction of sp³-hybridized carbons (Fsp3) is 0.609. The Hall–Kier alpha value is -1.39. The minimum Gasteiger partial charge on any atom is -0.393 e. The van der Waals surface area contributed by atoms with Gasteiger partial charge in [0, 0.05) is 45.3 Å². The van der Waals surface area contributed by atoms with E-state index in [-0.39, 0.29) is 35.9 Å². The minimum atomic E-state index is -0.260. The quantitative estimate of drug-likeness (QED) is 0.213. The van der Waals surface area contributed by atoms with Crippen molar-refractivity contribution in [2.45, 2.75) is 51.3 Å². The van der Waals surface area contributed by atoms with Crippen LogP contribution in [0.2, 0.25) is 0 Å². The third-order valence-electron chi connectivity index (χ3n) is 5.90. The van der Waals surface area contributed by atoms with Crippen molar-refractivity contribution in [3.8, 4) is 0 Å². The molecule has 0 atom stereocenters. The first kappa shape index (κ1) is 25.9. The normalized spacial score (nSPS) is 19.1. The van der Waals surface area contributed by atoms with E-state index in [1.165, 1.54) is 0 Å². The van der Waals surface area contributed by atoms with Crippen molar-refractivity contribution in [2.24, 2.45) is 4.99 Å². The van der Waals surface area contributed by atoms with Gasteiger partial charge in [-0.2, -0.15) is 0 Å². The zero-order valence-electron chi connectivity index (χ0n) is 18.5. The highest BCUT2D eigenvalue weighted by Crippen LogP contribution is 2.24. The average molecular weight is 545 g/mol. The van der Waals surface area contributed by atoms with Crippen molar-refractivity contribution >= 4 is 35.6 Å². The fourth-order valence-electron chi connectivity index (χ4n) is 4.14. The van der Waals surface area contributed by atoms with Crippen LogP contribution < -0.4 is 15.5 Å². The molecule has 6 nitrogen and oxygen atoms in total. The number of aliphatic hydroxyl groups excluding tert-OH is 1. The second-order valence-corrected chi connectivity index (χ2v) is 8.21. The largest absolute Gasteiger partial charge is 0.393 e. The third-order valence-corrected chi connectivity index (χ3v) is 5.90. The number of nitrogens with one attached hydrogen (secondary N) is 2. The van der Waals surface area contributed by atoms with Crippen LogP contribution in [-0.4, -0.2) is 67.4 Å². The molecule has 0 amide bonds. The monoisotopic (exact) mass is 545 g/mol. The Kier molecular flexibility index (Phi) is 11.0. The lowest BCUT2D eigenvalue weighted by atomic mass is 10.1. The molecular formula is C23H37FIN5O. The second kappa shape index (κ2) is 13.2. The average Bonchev–Trinajstić information content (AvgIpc) is 2.75. The Balaban J connectivity index is 0.00000341. The number of aliphatic imine (C=N–C) groups is 1. The van der Waals surface area contributed by atoms with Crippen LogP contribution >= 0.6 is 24.0 Å². The number of hydrogen-bond acceptors (Lipinski definition) is 4. The van der Waals surface area contributed by atoms with Gasteiger partial charge >= 0.3 is 0 Å². The van der Waals surface area contributed by atoms with E-state index in [1.54, 1.807) is 6.07 Å². The van der Waals surface area contributed by atoms with Gasteiger partial charge in [0.1, 0.15) is 5.82 Å². The number of nitrogens with zero attached hydrogens (tertiary/aromatic N) is 3. The lowest BCUT2D eigenvalue weighted by Gasteiger charge is -2.32. The number of anilines is 1. The van der Waals surface area contributed by atoms with Gasteiger partial charge in [-0.1, -0.05) is 12.1 Å². The summed E-state index contributed by atoms with van der Waals surface area (Å²) in [6.45, 7) is 11.5. The maximum absolute atomic E-state index is 14.7. The Morgan fingerprint density at radius 3 is 2.55 bits per heavy atom. The number of piperidine rings is 2. The third kappa shape index (κ3) is 7.91. The Bertz CT molecular complexity index is 716. The van der Waals surface area contributed by atoms with Crippen LogP contribution in [-0.2, 0) is 6.54 Å². The Morgan fingerprint density at radius 2 is 1.94 bits per heavy atom. The first-order valence-corrected chi connectivity index (χ1v) is 11.2. The number of likely N-dealkylation sites (tertiary alicyclic amines) is 1. The molecule has 2 saturated heterocycles. The molecule has 0 saturated carbocycles. The van der Waals surface area contributed by atoms with Crippen LogP contribution in [0.25, 0.3) is 0 Å². The molecule has 0 radical (unpaired) electrons. The van der Waals surface area contributed by atoms with E-state index in [9.17, 15) is 9.50 Å². The molecule has 1 aromatic rings. The van der Waals surface area contributed by atoms with E-state index in [0.29, 0.717) is 44.2 Å². The van der Waals surface area contributed by atoms with Gasteiger partial charge in [-0.25, -0.2) is 9.38 Å². The summed E-state index contributed by atoms with van der Waals surface area (Å²) in [7, 11) is 0. The number of rotatable bonds is 7. The molecule has 0 aliphatic carbocycles. The molecule has 31 heavy (non-hydrogen) atoms. The van der Waals surface area contributed by atoms with E-state index in [1.807, 2.05) is 30.0 Å². The van der Waals surface area contributed by atoms with Crippen molar-refractivity contribution in [3.05, 3.63) is 42.2 Å². The standard InChI is InChI=1S/C23H36FN5O.HI/c1-3-11-28-12-7-19(8-13-28)27-23(25-4-2)26-17-18-5-6-22(21(24)16-18)29-14-9-20(30)10-15-29;/h3,5-6,16,19-20,30H,1,4,7-15,17H2,2H3,(H2,25,26,27);1H. The van der Waals surface area contributed by atoms with E-state index in [0.717, 1.165) is 50.5 Å². The van der Waals surface area contributed by atoms with E-state index in [4.69, 9.17) is 0 Å². The van der Waals surface area contributed by atoms with Gasteiger partial charge in [-0.3, -0.25) is 4.90 Å². The van der Waals surface area contributed by atoms with Crippen LogP contribution in [0.1, 0.15) is 38.2 Å². The van der Waals surface area contributed by atoms with Crippen LogP contribution in [0.3, 0.4) is 0 Å². The molecule has 0 spiro atoms. The van der Waals surface area contributed by atoms with Gasteiger partial charge in [-0.05, 0) is 50.3 Å². The van der Waals surface area contributed by atoms with Crippen molar-refractivity contribution in [1.29, 1.82) is 0 Å². The summed E-state index contributed by atoms with van der Waals surface area (Å²) >= 11 is 0. The number of guanidine groups is 1. The van der Waals surface area contributed by atoms with Crippen molar-refractivity contribution in [3.63, 3.8) is 0 Å². The summed E-state index contributed by atoms with van der Waals surface area (Å²) in [6.07, 6.45) is 5.23. The molecule has 0 aromatic heterocycles. The molecule has 2 heterocycles. The van der Waals surface area contributed by atoms with Gasteiger partial charge in [0.25, 0.3) is 0 Å². The molecule has 0 bridgehead atoms. The molecule has 0 unspecified atom stereocenters. The molecule has 8 heteroatoms. The minimum absolute atomic E-state index is 0. The van der Waals surface area contributed by atoms with Gasteiger partial charge in [0.15, 0.2) is 5.96 Å². The molecule has 3 N–H and O–H groups in total. The van der Waals surface area contributed by atoms with E-state index < -0.39 is 0 Å². The highest BCUT2D eigenvalue weighted by molar-refractivity contribution is 14.0. The summed E-state index contributed by atoms with van der Waals surface area (Å²) in [6, 6.07) is 5.77. The predicted molar refractivity (Wildman–Crippen MR) is 137 cm³/mol. The van der Waals surface area contributed by atoms with Crippen LogP contribution in [0.15, 0.2) is 35.8 Å². The summed E-state index contributed by atoms with van der Waals surface area (Å²) < 4.78 is 14.7. The number of hydrogen-bond donors (Lipinski definition) is 3. The summed E-state index contributed by atoms with van der Waals surface area (Å²) in [5.74, 6) is 0.570. The topological polar surface area (TPSA) is 63.1 Å². The Labute approximate surface area is 203 Å². The molecule has 2 aliphatic heterocycles. The second-order valence-electron chi connectivity index (χ2n) is 8.21. The number of aliphatic hydroxyl groups is 1. The zero-order chi connectivity index (χ0) is 21.3. The maximum Gasteiger partial charge on any atom is 0.191 e. The predicted octanol–water partition coefficient (Wildman–Crippen LogP) is 3.11. The maximum atomic E-state index is 14.7. The van der Waals surface area contributed by atoms with Crippen LogP contribution in [0.4, 0.5) is 10.1 Å². The zero-order valence-corrected chi connectivity index (χ0v) is 20.9.